The number of benzene rings is 4. The third kappa shape index (κ3) is 6.09. The molecule has 0 saturated heterocycles. The first-order valence-corrected chi connectivity index (χ1v) is 11.7. The fourth-order valence-corrected chi connectivity index (χ4v) is 4.22. The molecule has 0 aromatic heterocycles. The molecular formula is C29H25F4NO3. The van der Waals surface area contributed by atoms with Crippen molar-refractivity contribution in [2.24, 2.45) is 0 Å². The van der Waals surface area contributed by atoms with Gasteiger partial charge in [0.05, 0.1) is 29.9 Å². The van der Waals surface area contributed by atoms with Crippen molar-refractivity contribution >= 4 is 16.7 Å². The maximum atomic E-state index is 13.6. The largest absolute Gasteiger partial charge is 0.493 e. The Bertz CT molecular complexity index is 1370. The van der Waals surface area contributed by atoms with Gasteiger partial charge in [-0.05, 0) is 65.6 Å². The Balaban J connectivity index is 1.70. The van der Waals surface area contributed by atoms with Crippen LogP contribution in [0.1, 0.15) is 40.1 Å². The first kappa shape index (κ1) is 26.2. The van der Waals surface area contributed by atoms with Crippen molar-refractivity contribution < 1.29 is 32.2 Å². The SMILES string of the molecule is CCOc1ccc2ccccc2c1C(=O)NC(Cc1ccc(C(F)(F)F)cc1)C(O)c1ccc(F)cc1. The lowest BCUT2D eigenvalue weighted by Gasteiger charge is -2.26. The molecule has 37 heavy (non-hydrogen) atoms. The Morgan fingerprint density at radius 1 is 0.946 bits per heavy atom. The molecule has 4 aromatic rings. The number of hydrogen-bond acceptors (Lipinski definition) is 3. The number of halogens is 4. The number of carbonyl (C=O) groups excluding carboxylic acids is 1. The van der Waals surface area contributed by atoms with Gasteiger partial charge >= 0.3 is 6.18 Å². The molecule has 0 aliphatic heterocycles. The van der Waals surface area contributed by atoms with Crippen molar-refractivity contribution in [2.75, 3.05) is 6.61 Å². The van der Waals surface area contributed by atoms with Crippen molar-refractivity contribution in [3.05, 3.63) is 113 Å². The topological polar surface area (TPSA) is 58.6 Å². The van der Waals surface area contributed by atoms with Crippen molar-refractivity contribution in [1.82, 2.24) is 5.32 Å². The number of amides is 1. The van der Waals surface area contributed by atoms with Crippen LogP contribution >= 0.6 is 0 Å². The van der Waals surface area contributed by atoms with E-state index in [9.17, 15) is 27.5 Å². The smallest absolute Gasteiger partial charge is 0.416 e. The standard InChI is InChI=1S/C29H25F4NO3/c1-2-37-25-16-11-19-5-3-4-6-23(19)26(25)28(36)34-24(27(35)20-9-14-22(30)15-10-20)17-18-7-12-21(13-8-18)29(31,32)33/h3-16,24,27,35H,2,17H2,1H3,(H,34,36). The van der Waals surface area contributed by atoms with Crippen LogP contribution in [0.2, 0.25) is 0 Å². The minimum absolute atomic E-state index is 0.0250. The average Bonchev–Trinajstić information content (AvgIpc) is 2.88. The normalized spacial score (nSPS) is 13.2. The Morgan fingerprint density at radius 2 is 1.62 bits per heavy atom. The highest BCUT2D eigenvalue weighted by Crippen LogP contribution is 2.31. The number of hydrogen-bond donors (Lipinski definition) is 2. The summed E-state index contributed by atoms with van der Waals surface area (Å²) in [5.41, 5.74) is 0.306. The summed E-state index contributed by atoms with van der Waals surface area (Å²) in [4.78, 5) is 13.6. The van der Waals surface area contributed by atoms with Crippen molar-refractivity contribution in [3.63, 3.8) is 0 Å². The zero-order valence-electron chi connectivity index (χ0n) is 19.9. The predicted octanol–water partition coefficient (Wildman–Crippen LogP) is 6.47. The Morgan fingerprint density at radius 3 is 2.27 bits per heavy atom. The lowest BCUT2D eigenvalue weighted by molar-refractivity contribution is -0.137. The number of alkyl halides is 3. The molecule has 4 nitrogen and oxygen atoms in total. The van der Waals surface area contributed by atoms with E-state index in [-0.39, 0.29) is 12.0 Å². The summed E-state index contributed by atoms with van der Waals surface area (Å²) in [6, 6.07) is 19.6. The van der Waals surface area contributed by atoms with Crippen LogP contribution in [0.5, 0.6) is 5.75 Å². The molecular weight excluding hydrogens is 486 g/mol. The van der Waals surface area contributed by atoms with E-state index >= 15 is 0 Å². The molecule has 0 aliphatic rings. The summed E-state index contributed by atoms with van der Waals surface area (Å²) >= 11 is 0. The van der Waals surface area contributed by atoms with Gasteiger partial charge in [0, 0.05) is 0 Å². The minimum atomic E-state index is -4.48. The summed E-state index contributed by atoms with van der Waals surface area (Å²) in [6.07, 6.45) is -5.72. The second-order valence-electron chi connectivity index (χ2n) is 8.57. The fraction of sp³-hybridized carbons (Fsp3) is 0.207. The molecule has 0 aliphatic carbocycles. The summed E-state index contributed by atoms with van der Waals surface area (Å²) in [7, 11) is 0. The first-order valence-electron chi connectivity index (χ1n) is 11.7. The molecule has 2 atom stereocenters. The number of fused-ring (bicyclic) bond motifs is 1. The van der Waals surface area contributed by atoms with Crippen LogP contribution < -0.4 is 10.1 Å². The molecule has 8 heteroatoms. The van der Waals surface area contributed by atoms with E-state index in [1.165, 1.54) is 36.4 Å². The summed E-state index contributed by atoms with van der Waals surface area (Å²) in [5, 5.41) is 15.5. The molecule has 0 spiro atoms. The van der Waals surface area contributed by atoms with Crippen LogP contribution in [0.25, 0.3) is 10.8 Å². The van der Waals surface area contributed by atoms with Crippen molar-refractivity contribution in [1.29, 1.82) is 0 Å². The first-order chi connectivity index (χ1) is 17.7. The van der Waals surface area contributed by atoms with Crippen molar-refractivity contribution in [3.8, 4) is 5.75 Å². The van der Waals surface area contributed by atoms with Crippen LogP contribution in [0.3, 0.4) is 0 Å². The van der Waals surface area contributed by atoms with Gasteiger partial charge in [-0.15, -0.1) is 0 Å². The van der Waals surface area contributed by atoms with Crippen molar-refractivity contribution in [2.45, 2.75) is 31.7 Å². The van der Waals surface area contributed by atoms with Crippen LogP contribution in [0.15, 0.2) is 84.9 Å². The third-order valence-electron chi connectivity index (χ3n) is 6.06. The maximum absolute atomic E-state index is 13.6. The van der Waals surface area contributed by atoms with E-state index in [2.05, 4.69) is 5.32 Å². The van der Waals surface area contributed by atoms with Gasteiger partial charge in [0.1, 0.15) is 11.6 Å². The molecule has 0 fully saturated rings. The van der Waals surface area contributed by atoms with Crippen LogP contribution in [-0.4, -0.2) is 23.7 Å². The van der Waals surface area contributed by atoms with Gasteiger partial charge in [0.25, 0.3) is 5.91 Å². The molecule has 4 aromatic carbocycles. The summed E-state index contributed by atoms with van der Waals surface area (Å²) in [6.45, 7) is 2.12. The van der Waals surface area contributed by atoms with Gasteiger partial charge in [-0.25, -0.2) is 4.39 Å². The van der Waals surface area contributed by atoms with Gasteiger partial charge in [0.2, 0.25) is 0 Å². The molecule has 0 radical (unpaired) electrons. The number of ether oxygens (including phenoxy) is 1. The lowest BCUT2D eigenvalue weighted by Crippen LogP contribution is -2.41. The van der Waals surface area contributed by atoms with E-state index in [1.807, 2.05) is 18.2 Å². The molecule has 4 rings (SSSR count). The molecule has 2 unspecified atom stereocenters. The zero-order chi connectivity index (χ0) is 26.6. The summed E-state index contributed by atoms with van der Waals surface area (Å²) < 4.78 is 58.2. The molecule has 2 N–H and O–H groups in total. The molecule has 0 bridgehead atoms. The second-order valence-corrected chi connectivity index (χ2v) is 8.57. The van der Waals surface area contributed by atoms with Crippen LogP contribution in [0.4, 0.5) is 17.6 Å². The Labute approximate surface area is 211 Å². The number of nitrogens with one attached hydrogen (secondary N) is 1. The third-order valence-corrected chi connectivity index (χ3v) is 6.06. The Hall–Kier alpha value is -3.91. The van der Waals surface area contributed by atoms with E-state index in [4.69, 9.17) is 4.74 Å². The number of aliphatic hydroxyl groups is 1. The van der Waals surface area contributed by atoms with Gasteiger partial charge in [-0.2, -0.15) is 13.2 Å². The van der Waals surface area contributed by atoms with E-state index in [0.29, 0.717) is 28.9 Å². The van der Waals surface area contributed by atoms with E-state index in [1.54, 1.807) is 25.1 Å². The van der Waals surface area contributed by atoms with Gasteiger partial charge < -0.3 is 15.2 Å². The summed E-state index contributed by atoms with van der Waals surface area (Å²) in [5.74, 6) is -0.641. The Kier molecular flexibility index (Phi) is 7.78. The van der Waals surface area contributed by atoms with Crippen LogP contribution in [0, 0.1) is 5.82 Å². The van der Waals surface area contributed by atoms with E-state index in [0.717, 1.165) is 17.5 Å². The van der Waals surface area contributed by atoms with Crippen LogP contribution in [-0.2, 0) is 12.6 Å². The highest BCUT2D eigenvalue weighted by Gasteiger charge is 2.31. The average molecular weight is 512 g/mol. The second kappa shape index (κ2) is 11.0. The number of carbonyl (C=O) groups is 1. The molecule has 0 saturated carbocycles. The minimum Gasteiger partial charge on any atom is -0.493 e. The predicted molar refractivity (Wildman–Crippen MR) is 133 cm³/mol. The fourth-order valence-electron chi connectivity index (χ4n) is 4.22. The van der Waals surface area contributed by atoms with Gasteiger partial charge in [-0.1, -0.05) is 54.6 Å². The molecule has 0 heterocycles. The lowest BCUT2D eigenvalue weighted by atomic mass is 9.94. The van der Waals surface area contributed by atoms with E-state index < -0.39 is 35.6 Å². The van der Waals surface area contributed by atoms with Gasteiger partial charge in [-0.3, -0.25) is 4.79 Å². The number of rotatable bonds is 8. The highest BCUT2D eigenvalue weighted by atomic mass is 19.4. The van der Waals surface area contributed by atoms with Gasteiger partial charge in [0.15, 0.2) is 0 Å². The quantitative estimate of drug-likeness (QED) is 0.267. The number of aliphatic hydroxyl groups excluding tert-OH is 1. The molecule has 192 valence electrons. The zero-order valence-corrected chi connectivity index (χ0v) is 19.9. The monoisotopic (exact) mass is 511 g/mol. The molecule has 1 amide bonds. The maximum Gasteiger partial charge on any atom is 0.416 e. The highest BCUT2D eigenvalue weighted by molar-refractivity contribution is 6.09.